The van der Waals surface area contributed by atoms with Crippen molar-refractivity contribution in [3.8, 4) is 5.75 Å². The highest BCUT2D eigenvalue weighted by atomic mass is 35.5. The van der Waals surface area contributed by atoms with E-state index >= 15 is 0 Å². The van der Waals surface area contributed by atoms with Gasteiger partial charge in [-0.15, -0.1) is 0 Å². The minimum atomic E-state index is -0.358. The zero-order valence-corrected chi connectivity index (χ0v) is 17.7. The molecule has 4 nitrogen and oxygen atoms in total. The van der Waals surface area contributed by atoms with Crippen molar-refractivity contribution in [1.29, 1.82) is 0 Å². The third-order valence-corrected chi connectivity index (χ3v) is 6.00. The van der Waals surface area contributed by atoms with Gasteiger partial charge in [-0.3, -0.25) is 4.79 Å². The molecule has 3 aromatic rings. The number of anilines is 1. The molecule has 0 fully saturated rings. The lowest BCUT2D eigenvalue weighted by atomic mass is 9.87. The van der Waals surface area contributed by atoms with E-state index in [9.17, 15) is 4.79 Å². The Balaban J connectivity index is 1.59. The topological polar surface area (TPSA) is 54.9 Å². The van der Waals surface area contributed by atoms with Gasteiger partial charge in [0.1, 0.15) is 11.8 Å². The van der Waals surface area contributed by atoms with Gasteiger partial charge in [0.2, 0.25) is 0 Å². The Bertz CT molecular complexity index is 1020. The van der Waals surface area contributed by atoms with Crippen LogP contribution in [0.4, 0.5) is 5.69 Å². The van der Waals surface area contributed by atoms with Gasteiger partial charge >= 0.3 is 0 Å². The van der Waals surface area contributed by atoms with Crippen LogP contribution in [0.3, 0.4) is 0 Å². The summed E-state index contributed by atoms with van der Waals surface area (Å²) >= 11 is 6.24. The Hall–Kier alpha value is -2.82. The second kappa shape index (κ2) is 9.33. The van der Waals surface area contributed by atoms with Gasteiger partial charge in [0.15, 0.2) is 6.04 Å². The fourth-order valence-corrected chi connectivity index (χ4v) is 4.46. The molecule has 30 heavy (non-hydrogen) atoms. The molecule has 1 aliphatic rings. The number of rotatable bonds is 6. The molecule has 0 saturated carbocycles. The summed E-state index contributed by atoms with van der Waals surface area (Å²) in [5.74, 6) is 0.519. The van der Waals surface area contributed by atoms with E-state index in [1.54, 1.807) is 25.3 Å². The summed E-state index contributed by atoms with van der Waals surface area (Å²) in [4.78, 5) is 13.3. The summed E-state index contributed by atoms with van der Waals surface area (Å²) in [5, 5.41) is 5.71. The minimum absolute atomic E-state index is 0.0644. The van der Waals surface area contributed by atoms with E-state index in [-0.39, 0.29) is 18.0 Å². The molecule has 0 spiro atoms. The van der Waals surface area contributed by atoms with Crippen LogP contribution in [0.25, 0.3) is 0 Å². The zero-order valence-electron chi connectivity index (χ0n) is 17.0. The van der Waals surface area contributed by atoms with E-state index in [1.165, 1.54) is 11.1 Å². The number of carbonyl (C=O) groups is 1. The number of nitrogens with two attached hydrogens (primary N) is 1. The van der Waals surface area contributed by atoms with Gasteiger partial charge in [-0.05, 0) is 36.6 Å². The summed E-state index contributed by atoms with van der Waals surface area (Å²) in [5.41, 5.74) is 4.37. The van der Waals surface area contributed by atoms with Gasteiger partial charge in [0, 0.05) is 23.2 Å². The normalized spacial score (nSPS) is 16.4. The van der Waals surface area contributed by atoms with Crippen molar-refractivity contribution in [2.45, 2.75) is 31.3 Å². The van der Waals surface area contributed by atoms with Crippen molar-refractivity contribution in [1.82, 2.24) is 0 Å². The summed E-state index contributed by atoms with van der Waals surface area (Å²) in [6, 6.07) is 23.7. The molecule has 4 rings (SSSR count). The summed E-state index contributed by atoms with van der Waals surface area (Å²) in [6.07, 6.45) is 3.30. The largest absolute Gasteiger partial charge is 0.495 e. The molecule has 1 amide bonds. The highest BCUT2D eigenvalue weighted by molar-refractivity contribution is 6.32. The van der Waals surface area contributed by atoms with Crippen LogP contribution in [-0.4, -0.2) is 13.0 Å². The number of aryl methyl sites for hydroxylation is 1. The molecular weight excluding hydrogens is 396 g/mol. The maximum Gasteiger partial charge on any atom is 0.287 e. The Labute approximate surface area is 182 Å². The van der Waals surface area contributed by atoms with Gasteiger partial charge in [0.25, 0.3) is 5.91 Å². The predicted octanol–water partition coefficient (Wildman–Crippen LogP) is 4.67. The van der Waals surface area contributed by atoms with Crippen LogP contribution < -0.4 is 15.4 Å². The van der Waals surface area contributed by atoms with E-state index in [4.69, 9.17) is 16.3 Å². The lowest BCUT2D eigenvalue weighted by molar-refractivity contribution is -0.723. The minimum Gasteiger partial charge on any atom is -0.495 e. The van der Waals surface area contributed by atoms with Crippen molar-refractivity contribution < 1.29 is 14.8 Å². The van der Waals surface area contributed by atoms with Crippen molar-refractivity contribution in [2.24, 2.45) is 0 Å². The van der Waals surface area contributed by atoms with E-state index < -0.39 is 0 Å². The van der Waals surface area contributed by atoms with Crippen molar-refractivity contribution in [3.05, 3.63) is 94.5 Å². The average Bonchev–Trinajstić information content (AvgIpc) is 2.78. The lowest BCUT2D eigenvalue weighted by Gasteiger charge is -2.27. The number of fused-ring (bicyclic) bond motifs is 1. The van der Waals surface area contributed by atoms with E-state index in [0.717, 1.165) is 24.8 Å². The molecule has 0 bridgehead atoms. The summed E-state index contributed by atoms with van der Waals surface area (Å²) < 4.78 is 5.20. The van der Waals surface area contributed by atoms with Crippen molar-refractivity contribution in [2.75, 3.05) is 12.4 Å². The van der Waals surface area contributed by atoms with Gasteiger partial charge in [-0.2, -0.15) is 0 Å². The van der Waals surface area contributed by atoms with E-state index in [1.807, 2.05) is 30.3 Å². The lowest BCUT2D eigenvalue weighted by Crippen LogP contribution is -2.88. The van der Waals surface area contributed by atoms with Crippen LogP contribution in [0.5, 0.6) is 5.75 Å². The van der Waals surface area contributed by atoms with Crippen LogP contribution in [0.15, 0.2) is 72.8 Å². The summed E-state index contributed by atoms with van der Waals surface area (Å²) in [6.45, 7) is 0. The zero-order chi connectivity index (χ0) is 20.9. The Morgan fingerprint density at radius 1 is 1.10 bits per heavy atom. The van der Waals surface area contributed by atoms with Gasteiger partial charge in [-0.1, -0.05) is 66.2 Å². The first-order valence-corrected chi connectivity index (χ1v) is 10.7. The molecule has 0 unspecified atom stereocenters. The highest BCUT2D eigenvalue weighted by Crippen LogP contribution is 2.29. The molecule has 0 saturated heterocycles. The monoisotopic (exact) mass is 421 g/mol. The molecule has 0 aliphatic heterocycles. The number of quaternary nitrogens is 1. The molecule has 2 atom stereocenters. The first-order valence-electron chi connectivity index (χ1n) is 10.3. The van der Waals surface area contributed by atoms with Gasteiger partial charge < -0.3 is 15.4 Å². The third-order valence-electron chi connectivity index (χ3n) is 5.70. The fraction of sp³-hybridized carbons (Fsp3) is 0.240. The number of hydrogen-bond donors (Lipinski definition) is 2. The standard InChI is InChI=1S/C25H25ClN2O2/c1-30-23-15-14-19(16-21(23)26)27-25(29)24(18-9-3-2-4-10-18)28-22-13-7-11-17-8-5-6-12-20(17)22/h2-6,8-10,12,14-16,22,24,28H,7,11,13H2,1H3,(H,27,29)/p+1/t22-,24-/m0/s1. The fourth-order valence-electron chi connectivity index (χ4n) is 4.20. The number of nitrogens with one attached hydrogen (secondary N) is 1. The number of amides is 1. The molecule has 154 valence electrons. The number of hydrogen-bond acceptors (Lipinski definition) is 2. The Kier molecular flexibility index (Phi) is 6.36. The third kappa shape index (κ3) is 4.50. The number of ether oxygens (including phenoxy) is 1. The smallest absolute Gasteiger partial charge is 0.287 e. The second-order valence-corrected chi connectivity index (χ2v) is 8.02. The molecular formula is C25H26ClN2O2+. The first kappa shape index (κ1) is 20.5. The van der Waals surface area contributed by atoms with Crippen molar-refractivity contribution in [3.63, 3.8) is 0 Å². The second-order valence-electron chi connectivity index (χ2n) is 7.62. The molecule has 3 N–H and O–H groups in total. The maximum atomic E-state index is 13.3. The highest BCUT2D eigenvalue weighted by Gasteiger charge is 2.31. The van der Waals surface area contributed by atoms with Gasteiger partial charge in [-0.25, -0.2) is 0 Å². The first-order chi connectivity index (χ1) is 14.7. The number of halogens is 1. The molecule has 0 aromatic heterocycles. The maximum absolute atomic E-state index is 13.3. The SMILES string of the molecule is COc1ccc(NC(=O)[C@@H]([NH2+][C@H]2CCCc3ccccc32)c2ccccc2)cc1Cl. The predicted molar refractivity (Wildman–Crippen MR) is 120 cm³/mol. The van der Waals surface area contributed by atoms with Gasteiger partial charge in [0.05, 0.1) is 12.1 Å². The van der Waals surface area contributed by atoms with Crippen LogP contribution >= 0.6 is 11.6 Å². The van der Waals surface area contributed by atoms with E-state index in [0.29, 0.717) is 16.5 Å². The average molecular weight is 422 g/mol. The van der Waals surface area contributed by atoms with Crippen molar-refractivity contribution >= 4 is 23.2 Å². The molecule has 0 heterocycles. The number of benzene rings is 3. The number of carbonyl (C=O) groups excluding carboxylic acids is 1. The molecule has 0 radical (unpaired) electrons. The van der Waals surface area contributed by atoms with Crippen LogP contribution in [0, 0.1) is 0 Å². The molecule has 1 aliphatic carbocycles. The number of methoxy groups -OCH3 is 1. The molecule has 5 heteroatoms. The Morgan fingerprint density at radius 2 is 1.87 bits per heavy atom. The van der Waals surface area contributed by atoms with Crippen LogP contribution in [0.2, 0.25) is 5.02 Å². The summed E-state index contributed by atoms with van der Waals surface area (Å²) in [7, 11) is 1.57. The van der Waals surface area contributed by atoms with Crippen LogP contribution in [-0.2, 0) is 11.2 Å². The molecule has 3 aromatic carbocycles. The quantitative estimate of drug-likeness (QED) is 0.607. The Morgan fingerprint density at radius 3 is 2.63 bits per heavy atom. The van der Waals surface area contributed by atoms with E-state index in [2.05, 4.69) is 34.9 Å². The van der Waals surface area contributed by atoms with Crippen LogP contribution in [0.1, 0.15) is 41.6 Å².